The highest BCUT2D eigenvalue weighted by atomic mass is 16.1. The molecule has 29 heavy (non-hydrogen) atoms. The number of benzene rings is 1. The van der Waals surface area contributed by atoms with Crippen molar-refractivity contribution in [3.63, 3.8) is 0 Å². The van der Waals surface area contributed by atoms with Gasteiger partial charge in [-0.3, -0.25) is 4.79 Å². The van der Waals surface area contributed by atoms with Gasteiger partial charge in [0, 0.05) is 49.6 Å². The first-order valence-corrected chi connectivity index (χ1v) is 9.91. The van der Waals surface area contributed by atoms with Crippen LogP contribution < -0.4 is 16.2 Å². The molecule has 0 amide bonds. The second-order valence-electron chi connectivity index (χ2n) is 7.32. The predicted octanol–water partition coefficient (Wildman–Crippen LogP) is 2.52. The minimum absolute atomic E-state index is 0.0388. The van der Waals surface area contributed by atoms with Gasteiger partial charge >= 0.3 is 0 Å². The third kappa shape index (κ3) is 3.80. The molecule has 1 aliphatic rings. The molecular weight excluding hydrogens is 364 g/mol. The van der Waals surface area contributed by atoms with Crippen molar-refractivity contribution in [3.05, 3.63) is 64.6 Å². The Balaban J connectivity index is 1.80. The van der Waals surface area contributed by atoms with Crippen molar-refractivity contribution >= 4 is 5.82 Å². The molecule has 0 unspecified atom stereocenters. The number of nitriles is 1. The molecule has 4 rings (SSSR count). The number of pyridine rings is 1. The zero-order valence-corrected chi connectivity index (χ0v) is 16.5. The quantitative estimate of drug-likeness (QED) is 0.741. The van der Waals surface area contributed by atoms with E-state index in [-0.39, 0.29) is 11.6 Å². The highest BCUT2D eigenvalue weighted by Crippen LogP contribution is 2.28. The summed E-state index contributed by atoms with van der Waals surface area (Å²) in [6.45, 7) is 4.30. The van der Waals surface area contributed by atoms with E-state index in [0.29, 0.717) is 12.1 Å². The van der Waals surface area contributed by atoms with Gasteiger partial charge in [0.25, 0.3) is 5.56 Å². The molecule has 0 bridgehead atoms. The van der Waals surface area contributed by atoms with Gasteiger partial charge in [-0.2, -0.15) is 5.26 Å². The molecule has 3 heterocycles. The summed E-state index contributed by atoms with van der Waals surface area (Å²) >= 11 is 0. The Bertz CT molecular complexity index is 1100. The molecule has 1 aromatic carbocycles. The van der Waals surface area contributed by atoms with Gasteiger partial charge in [-0.1, -0.05) is 0 Å². The van der Waals surface area contributed by atoms with E-state index in [1.807, 2.05) is 42.1 Å². The molecule has 0 spiro atoms. The average molecular weight is 388 g/mol. The Labute approximate surface area is 169 Å². The normalized spacial score (nSPS) is 14.7. The minimum atomic E-state index is -0.0388. The van der Waals surface area contributed by atoms with E-state index < -0.39 is 0 Å². The van der Waals surface area contributed by atoms with E-state index in [9.17, 15) is 4.79 Å². The number of aromatic nitrogens is 3. The first kappa shape index (κ1) is 19.0. The summed E-state index contributed by atoms with van der Waals surface area (Å²) in [7, 11) is 0. The highest BCUT2D eigenvalue weighted by molar-refractivity contribution is 5.66. The maximum Gasteiger partial charge on any atom is 0.251 e. The van der Waals surface area contributed by atoms with Gasteiger partial charge in [-0.15, -0.1) is 5.10 Å². The monoisotopic (exact) mass is 388 g/mol. The summed E-state index contributed by atoms with van der Waals surface area (Å²) in [5, 5.41) is 13.9. The molecule has 2 N–H and O–H groups in total. The average Bonchev–Trinajstić information content (AvgIpc) is 3.19. The lowest BCUT2D eigenvalue weighted by Gasteiger charge is -2.30. The van der Waals surface area contributed by atoms with Crippen molar-refractivity contribution in [3.8, 4) is 23.0 Å². The van der Waals surface area contributed by atoms with Crippen molar-refractivity contribution in [2.45, 2.75) is 32.4 Å². The highest BCUT2D eigenvalue weighted by Gasteiger charge is 2.21. The first-order chi connectivity index (χ1) is 14.1. The van der Waals surface area contributed by atoms with Crippen molar-refractivity contribution in [2.75, 3.05) is 18.0 Å². The molecule has 3 aromatic rings. The van der Waals surface area contributed by atoms with E-state index in [4.69, 9.17) is 16.1 Å². The number of nitrogens with zero attached hydrogens (tertiary/aromatic N) is 5. The number of nitrogens with two attached hydrogens (primary N) is 1. The van der Waals surface area contributed by atoms with E-state index in [0.717, 1.165) is 48.7 Å². The van der Waals surface area contributed by atoms with E-state index in [1.165, 1.54) is 0 Å². The smallest absolute Gasteiger partial charge is 0.251 e. The van der Waals surface area contributed by atoms with Crippen LogP contribution in [0.25, 0.3) is 16.9 Å². The molecule has 0 radical (unpaired) electrons. The maximum absolute atomic E-state index is 12.4. The Morgan fingerprint density at radius 2 is 1.90 bits per heavy atom. The molecular formula is C22H24N6O. The van der Waals surface area contributed by atoms with Gasteiger partial charge in [-0.05, 0) is 50.1 Å². The van der Waals surface area contributed by atoms with Crippen molar-refractivity contribution in [1.29, 1.82) is 5.26 Å². The molecule has 1 aliphatic heterocycles. The molecule has 0 atom stereocenters. The van der Waals surface area contributed by atoms with E-state index in [2.05, 4.69) is 11.0 Å². The third-order valence-electron chi connectivity index (χ3n) is 5.43. The lowest BCUT2D eigenvalue weighted by molar-refractivity contribution is 0.498. The van der Waals surface area contributed by atoms with Gasteiger partial charge in [0.15, 0.2) is 5.82 Å². The lowest BCUT2D eigenvalue weighted by atomic mass is 10.1. The Hall–Kier alpha value is -3.37. The van der Waals surface area contributed by atoms with Crippen LogP contribution in [-0.4, -0.2) is 33.5 Å². The molecule has 7 nitrogen and oxygen atoms in total. The van der Waals surface area contributed by atoms with Crippen molar-refractivity contribution < 1.29 is 0 Å². The predicted molar refractivity (Wildman–Crippen MR) is 113 cm³/mol. The SMILES string of the molecule is CCn1ccc(-c2cc(N3CCC(N)CC3)nn2-c2ccc(C#N)cc2)cc1=O. The summed E-state index contributed by atoms with van der Waals surface area (Å²) in [5.74, 6) is 0.871. The summed E-state index contributed by atoms with van der Waals surface area (Å²) in [6, 6.07) is 15.3. The fourth-order valence-corrected chi connectivity index (χ4v) is 3.66. The van der Waals surface area contributed by atoms with Crippen LogP contribution in [0.15, 0.2) is 53.5 Å². The standard InChI is InChI=1S/C22H24N6O/c1-2-26-10-7-17(13-22(26)29)20-14-21(27-11-8-18(24)9-12-27)25-28(20)19-5-3-16(15-23)4-6-19/h3-7,10,13-14,18H,2,8-9,11-12,24H2,1H3. The van der Waals surface area contributed by atoms with Crippen LogP contribution in [-0.2, 0) is 6.54 Å². The number of piperidine rings is 1. The summed E-state index contributed by atoms with van der Waals surface area (Å²) in [6.07, 6.45) is 3.69. The van der Waals surface area contributed by atoms with E-state index >= 15 is 0 Å². The molecule has 148 valence electrons. The first-order valence-electron chi connectivity index (χ1n) is 9.91. The minimum Gasteiger partial charge on any atom is -0.355 e. The van der Waals surface area contributed by atoms with Gasteiger partial charge in [-0.25, -0.2) is 4.68 Å². The Kier molecular flexibility index (Phi) is 5.19. The largest absolute Gasteiger partial charge is 0.355 e. The van der Waals surface area contributed by atoms with Crippen molar-refractivity contribution in [1.82, 2.24) is 14.3 Å². The lowest BCUT2D eigenvalue weighted by Crippen LogP contribution is -2.39. The van der Waals surface area contributed by atoms with Crippen LogP contribution in [0.4, 0.5) is 5.82 Å². The Morgan fingerprint density at radius 3 is 2.52 bits per heavy atom. The number of anilines is 1. The van der Waals surface area contributed by atoms with Gasteiger partial charge < -0.3 is 15.2 Å². The third-order valence-corrected chi connectivity index (χ3v) is 5.43. The number of rotatable bonds is 4. The molecule has 2 aromatic heterocycles. The fraction of sp³-hybridized carbons (Fsp3) is 0.318. The summed E-state index contributed by atoms with van der Waals surface area (Å²) < 4.78 is 3.51. The van der Waals surface area contributed by atoms with Crippen LogP contribution in [0.2, 0.25) is 0 Å². The Morgan fingerprint density at radius 1 is 1.17 bits per heavy atom. The second-order valence-corrected chi connectivity index (χ2v) is 7.32. The molecule has 1 saturated heterocycles. The van der Waals surface area contributed by atoms with E-state index in [1.54, 1.807) is 22.8 Å². The van der Waals surface area contributed by atoms with Gasteiger partial charge in [0.2, 0.25) is 0 Å². The topological polar surface area (TPSA) is 92.9 Å². The second kappa shape index (κ2) is 7.94. The van der Waals surface area contributed by atoms with Crippen LogP contribution in [0.5, 0.6) is 0 Å². The summed E-state index contributed by atoms with van der Waals surface area (Å²) in [4.78, 5) is 14.6. The van der Waals surface area contributed by atoms with Crippen LogP contribution in [0.3, 0.4) is 0 Å². The zero-order chi connectivity index (χ0) is 20.4. The number of aryl methyl sites for hydroxylation is 1. The number of hydrogen-bond acceptors (Lipinski definition) is 5. The fourth-order valence-electron chi connectivity index (χ4n) is 3.66. The molecule has 0 saturated carbocycles. The molecule has 1 fully saturated rings. The molecule has 7 heteroatoms. The van der Waals surface area contributed by atoms with Crippen molar-refractivity contribution in [2.24, 2.45) is 5.73 Å². The van der Waals surface area contributed by atoms with Crippen LogP contribution >= 0.6 is 0 Å². The molecule has 0 aliphatic carbocycles. The van der Waals surface area contributed by atoms with Crippen LogP contribution in [0.1, 0.15) is 25.3 Å². The van der Waals surface area contributed by atoms with Gasteiger partial charge in [0.1, 0.15) is 0 Å². The van der Waals surface area contributed by atoms with Crippen LogP contribution in [0, 0.1) is 11.3 Å². The maximum atomic E-state index is 12.4. The zero-order valence-electron chi connectivity index (χ0n) is 16.5. The summed E-state index contributed by atoms with van der Waals surface area (Å²) in [5.41, 5.74) is 9.11. The van der Waals surface area contributed by atoms with Gasteiger partial charge in [0.05, 0.1) is 23.0 Å². The number of hydrogen-bond donors (Lipinski definition) is 1.